The van der Waals surface area contributed by atoms with E-state index in [1.807, 2.05) is 45.6 Å². The molecule has 0 N–H and O–H groups in total. The quantitative estimate of drug-likeness (QED) is 0.319. The smallest absolute Gasteiger partial charge is 0.204 e. The summed E-state index contributed by atoms with van der Waals surface area (Å²) in [4.78, 5) is 6.60. The fourth-order valence-electron chi connectivity index (χ4n) is 4.48. The molecule has 2 aromatic heterocycles. The lowest BCUT2D eigenvalue weighted by atomic mass is 9.90. The van der Waals surface area contributed by atoms with Gasteiger partial charge in [-0.05, 0) is 79.4 Å². The topological polar surface area (TPSA) is 38.9 Å². The number of likely N-dealkylation sites (tertiary alicyclic amines) is 1. The summed E-state index contributed by atoms with van der Waals surface area (Å²) in [5, 5.41) is 5.63. The van der Waals surface area contributed by atoms with Crippen molar-refractivity contribution < 1.29 is 0 Å². The lowest BCUT2D eigenvalue weighted by molar-refractivity contribution is 0.140. The number of nitrogens with zero attached hydrogens (tertiary/aromatic N) is 5. The second-order valence-corrected chi connectivity index (χ2v) is 9.35. The average molecular weight is 476 g/mol. The third kappa shape index (κ3) is 5.08. The maximum absolute atomic E-state index is 6.12. The van der Waals surface area contributed by atoms with Gasteiger partial charge in [0.25, 0.3) is 0 Å². The first-order valence-corrected chi connectivity index (χ1v) is 12.1. The molecule has 0 amide bonds. The van der Waals surface area contributed by atoms with E-state index in [1.165, 1.54) is 18.4 Å². The van der Waals surface area contributed by atoms with Crippen molar-refractivity contribution in [3.63, 3.8) is 0 Å². The van der Waals surface area contributed by atoms with Crippen LogP contribution in [0.1, 0.15) is 18.4 Å². The van der Waals surface area contributed by atoms with Crippen LogP contribution in [-0.2, 0) is 13.1 Å². The molecular formula is C26H26ClN5S. The number of benzene rings is 2. The van der Waals surface area contributed by atoms with Gasteiger partial charge in [-0.2, -0.15) is 0 Å². The van der Waals surface area contributed by atoms with Crippen molar-refractivity contribution in [2.24, 2.45) is 5.92 Å². The van der Waals surface area contributed by atoms with Crippen LogP contribution < -0.4 is 0 Å². The molecule has 0 radical (unpaired) electrons. The van der Waals surface area contributed by atoms with Gasteiger partial charge >= 0.3 is 0 Å². The second-order valence-electron chi connectivity index (χ2n) is 8.55. The third-order valence-corrected chi connectivity index (χ3v) is 6.92. The van der Waals surface area contributed by atoms with E-state index in [0.717, 1.165) is 42.5 Å². The summed E-state index contributed by atoms with van der Waals surface area (Å²) in [7, 11) is 0. The molecular weight excluding hydrogens is 450 g/mol. The zero-order valence-corrected chi connectivity index (χ0v) is 19.9. The summed E-state index contributed by atoms with van der Waals surface area (Å²) in [6.07, 6.45) is 7.10. The van der Waals surface area contributed by atoms with E-state index in [4.69, 9.17) is 28.9 Å². The Bertz CT molecular complexity index is 1240. The van der Waals surface area contributed by atoms with Crippen LogP contribution in [0.4, 0.5) is 0 Å². The van der Waals surface area contributed by atoms with Crippen molar-refractivity contribution in [2.75, 3.05) is 13.1 Å². The zero-order valence-electron chi connectivity index (χ0n) is 18.3. The normalized spacial score (nSPS) is 15.1. The molecule has 0 bridgehead atoms. The van der Waals surface area contributed by atoms with Gasteiger partial charge in [0, 0.05) is 36.1 Å². The Labute approximate surface area is 204 Å². The standard InChI is InChI=1S/C26H26ClN5S/c27-23-6-8-24(9-7-23)32-25(22-10-14-28-15-11-22)29-31(26(32)33)19-30-16-12-21(13-17-30)18-20-4-2-1-3-5-20/h1-11,14-15,21H,12-13,16-19H2. The first kappa shape index (κ1) is 22.0. The molecule has 7 heteroatoms. The van der Waals surface area contributed by atoms with E-state index in [0.29, 0.717) is 16.5 Å². The van der Waals surface area contributed by atoms with E-state index < -0.39 is 0 Å². The Balaban J connectivity index is 1.36. The van der Waals surface area contributed by atoms with Crippen LogP contribution in [0.15, 0.2) is 79.1 Å². The van der Waals surface area contributed by atoms with Crippen molar-refractivity contribution in [3.05, 3.63) is 94.5 Å². The van der Waals surface area contributed by atoms with Gasteiger partial charge in [-0.3, -0.25) is 14.5 Å². The highest BCUT2D eigenvalue weighted by atomic mass is 35.5. The molecule has 0 atom stereocenters. The molecule has 0 aliphatic carbocycles. The summed E-state index contributed by atoms with van der Waals surface area (Å²) in [5.41, 5.74) is 3.36. The molecule has 4 aromatic rings. The fraction of sp³-hybridized carbons (Fsp3) is 0.269. The summed E-state index contributed by atoms with van der Waals surface area (Å²) in [5.74, 6) is 1.54. The van der Waals surface area contributed by atoms with Crippen molar-refractivity contribution >= 4 is 23.8 Å². The number of hydrogen-bond acceptors (Lipinski definition) is 4. The van der Waals surface area contributed by atoms with Gasteiger partial charge in [-0.15, -0.1) is 5.10 Å². The molecule has 3 heterocycles. The van der Waals surface area contributed by atoms with Crippen molar-refractivity contribution in [2.45, 2.75) is 25.9 Å². The van der Waals surface area contributed by atoms with Gasteiger partial charge in [-0.1, -0.05) is 41.9 Å². The highest BCUT2D eigenvalue weighted by Gasteiger charge is 2.22. The molecule has 1 aliphatic heterocycles. The van der Waals surface area contributed by atoms with Gasteiger partial charge in [0.1, 0.15) is 0 Å². The second kappa shape index (κ2) is 10.00. The van der Waals surface area contributed by atoms with Gasteiger partial charge < -0.3 is 0 Å². The van der Waals surface area contributed by atoms with Crippen LogP contribution in [-0.4, -0.2) is 37.3 Å². The fourth-order valence-corrected chi connectivity index (χ4v) is 4.90. The van der Waals surface area contributed by atoms with Crippen LogP contribution in [0, 0.1) is 10.7 Å². The molecule has 5 rings (SSSR count). The molecule has 5 nitrogen and oxygen atoms in total. The van der Waals surface area contributed by atoms with Gasteiger partial charge in [-0.25, -0.2) is 4.68 Å². The lowest BCUT2D eigenvalue weighted by Crippen LogP contribution is -2.36. The molecule has 2 aromatic carbocycles. The zero-order chi connectivity index (χ0) is 22.6. The van der Waals surface area contributed by atoms with Crippen molar-refractivity contribution in [1.82, 2.24) is 24.2 Å². The predicted octanol–water partition coefficient (Wildman–Crippen LogP) is 6.03. The lowest BCUT2D eigenvalue weighted by Gasteiger charge is -2.31. The van der Waals surface area contributed by atoms with Crippen LogP contribution in [0.25, 0.3) is 17.1 Å². The molecule has 1 fully saturated rings. The van der Waals surface area contributed by atoms with E-state index in [-0.39, 0.29) is 0 Å². The number of rotatable bonds is 6. The first-order valence-electron chi connectivity index (χ1n) is 11.3. The van der Waals surface area contributed by atoms with Crippen molar-refractivity contribution in [3.8, 4) is 17.1 Å². The Hall–Kier alpha value is -2.80. The van der Waals surface area contributed by atoms with Crippen LogP contribution >= 0.6 is 23.8 Å². The average Bonchev–Trinajstić information content (AvgIpc) is 3.18. The summed E-state index contributed by atoms with van der Waals surface area (Å²) in [6.45, 7) is 2.80. The molecule has 1 aliphatic rings. The molecule has 0 saturated carbocycles. The summed E-state index contributed by atoms with van der Waals surface area (Å²) >= 11 is 12.0. The highest BCUT2D eigenvalue weighted by molar-refractivity contribution is 7.71. The maximum atomic E-state index is 6.12. The summed E-state index contributed by atoms with van der Waals surface area (Å²) < 4.78 is 4.64. The minimum absolute atomic E-state index is 0.676. The van der Waals surface area contributed by atoms with Crippen LogP contribution in [0.2, 0.25) is 5.02 Å². The SMILES string of the molecule is S=c1n(CN2CCC(Cc3ccccc3)CC2)nc(-c2ccncc2)n1-c1ccc(Cl)cc1. The van der Waals surface area contributed by atoms with Gasteiger partial charge in [0.05, 0.1) is 12.4 Å². The minimum Gasteiger partial charge on any atom is -0.284 e. The monoisotopic (exact) mass is 475 g/mol. The number of hydrogen-bond donors (Lipinski definition) is 0. The highest BCUT2D eigenvalue weighted by Crippen LogP contribution is 2.25. The largest absolute Gasteiger partial charge is 0.284 e. The van der Waals surface area contributed by atoms with Crippen LogP contribution in [0.5, 0.6) is 0 Å². The molecule has 0 spiro atoms. The number of piperidine rings is 1. The summed E-state index contributed by atoms with van der Waals surface area (Å²) in [6, 6.07) is 22.4. The number of pyridine rings is 1. The van der Waals surface area contributed by atoms with Gasteiger partial charge in [0.2, 0.25) is 4.77 Å². The third-order valence-electron chi connectivity index (χ3n) is 6.27. The maximum Gasteiger partial charge on any atom is 0.204 e. The van der Waals surface area contributed by atoms with E-state index in [1.54, 1.807) is 12.4 Å². The first-order chi connectivity index (χ1) is 16.2. The van der Waals surface area contributed by atoms with E-state index >= 15 is 0 Å². The molecule has 0 unspecified atom stereocenters. The van der Waals surface area contributed by atoms with Crippen molar-refractivity contribution in [1.29, 1.82) is 0 Å². The van der Waals surface area contributed by atoms with Crippen LogP contribution in [0.3, 0.4) is 0 Å². The Kier molecular flexibility index (Phi) is 6.67. The number of aromatic nitrogens is 4. The Morgan fingerprint density at radius 1 is 0.909 bits per heavy atom. The Morgan fingerprint density at radius 3 is 2.30 bits per heavy atom. The van der Waals surface area contributed by atoms with E-state index in [9.17, 15) is 0 Å². The van der Waals surface area contributed by atoms with Gasteiger partial charge in [0.15, 0.2) is 5.82 Å². The number of halogens is 1. The predicted molar refractivity (Wildman–Crippen MR) is 135 cm³/mol. The Morgan fingerprint density at radius 2 is 1.61 bits per heavy atom. The molecule has 33 heavy (non-hydrogen) atoms. The minimum atomic E-state index is 0.676. The molecule has 1 saturated heterocycles. The van der Waals surface area contributed by atoms with E-state index in [2.05, 4.69) is 40.2 Å². The molecule has 168 valence electrons.